The number of rotatable bonds is 6. The Balaban J connectivity index is 1.56. The maximum Gasteiger partial charge on any atom is 0.122 e. The second kappa shape index (κ2) is 7.31. The summed E-state index contributed by atoms with van der Waals surface area (Å²) in [5, 5.41) is 3.56. The highest BCUT2D eigenvalue weighted by atomic mass is 16.5. The number of ether oxygens (including phenoxy) is 1. The molecule has 1 aromatic carbocycles. The minimum atomic E-state index is 0.654. The van der Waals surface area contributed by atoms with Crippen LogP contribution in [0, 0.1) is 5.92 Å². The van der Waals surface area contributed by atoms with Crippen LogP contribution in [0.4, 0.5) is 0 Å². The van der Waals surface area contributed by atoms with Gasteiger partial charge in [0.25, 0.3) is 0 Å². The molecule has 0 amide bonds. The zero-order chi connectivity index (χ0) is 14.5. The molecule has 116 valence electrons. The van der Waals surface area contributed by atoms with E-state index in [0.29, 0.717) is 12.0 Å². The molecule has 0 spiro atoms. The van der Waals surface area contributed by atoms with Gasteiger partial charge < -0.3 is 10.1 Å². The molecule has 2 aliphatic rings. The van der Waals surface area contributed by atoms with E-state index in [9.17, 15) is 0 Å². The van der Waals surface area contributed by atoms with E-state index in [1.54, 1.807) is 0 Å². The summed E-state index contributed by atoms with van der Waals surface area (Å²) in [4.78, 5) is 0. The summed E-state index contributed by atoms with van der Waals surface area (Å²) in [6.45, 7) is 0.876. The molecule has 2 nitrogen and oxygen atoms in total. The minimum absolute atomic E-state index is 0.654. The van der Waals surface area contributed by atoms with Crippen LogP contribution in [0.15, 0.2) is 24.3 Å². The lowest BCUT2D eigenvalue weighted by atomic mass is 9.85. The third-order valence-electron chi connectivity index (χ3n) is 5.46. The highest BCUT2D eigenvalue weighted by Gasteiger charge is 2.24. The third-order valence-corrected chi connectivity index (χ3v) is 5.46. The standard InChI is InChI=1S/C19H29NO/c1-20-17(11-10-15-6-2-3-7-15)14-16-12-13-21-19-9-5-4-8-18(16)19/h4-5,8-9,15-17,20H,2-3,6-7,10-14H2,1H3. The molecular formula is C19H29NO. The van der Waals surface area contributed by atoms with Crippen molar-refractivity contribution in [1.29, 1.82) is 0 Å². The first-order chi connectivity index (χ1) is 10.4. The van der Waals surface area contributed by atoms with Gasteiger partial charge in [0, 0.05) is 6.04 Å². The Kier molecular flexibility index (Phi) is 5.18. The maximum absolute atomic E-state index is 5.79. The molecule has 1 fully saturated rings. The van der Waals surface area contributed by atoms with Gasteiger partial charge in [-0.3, -0.25) is 0 Å². The SMILES string of the molecule is CNC(CCC1CCCC1)CC1CCOc2ccccc21. The molecule has 1 aliphatic carbocycles. The van der Waals surface area contributed by atoms with Crippen LogP contribution in [-0.2, 0) is 0 Å². The molecule has 0 bridgehead atoms. The molecule has 0 aromatic heterocycles. The average molecular weight is 287 g/mol. The molecule has 0 radical (unpaired) electrons. The Bertz CT molecular complexity index is 439. The Labute approximate surface area is 129 Å². The van der Waals surface area contributed by atoms with Crippen LogP contribution in [0.25, 0.3) is 0 Å². The number of fused-ring (bicyclic) bond motifs is 1. The molecule has 1 N–H and O–H groups in total. The predicted molar refractivity (Wildman–Crippen MR) is 88.0 cm³/mol. The van der Waals surface area contributed by atoms with E-state index in [-0.39, 0.29) is 0 Å². The maximum atomic E-state index is 5.79. The summed E-state index contributed by atoms with van der Waals surface area (Å²) in [7, 11) is 2.13. The second-order valence-corrected chi connectivity index (χ2v) is 6.82. The molecule has 21 heavy (non-hydrogen) atoms. The van der Waals surface area contributed by atoms with Crippen molar-refractivity contribution in [2.24, 2.45) is 5.92 Å². The summed E-state index contributed by atoms with van der Waals surface area (Å²) in [6, 6.07) is 9.25. The number of hydrogen-bond donors (Lipinski definition) is 1. The van der Waals surface area contributed by atoms with Gasteiger partial charge in [-0.05, 0) is 56.2 Å². The van der Waals surface area contributed by atoms with Crippen molar-refractivity contribution >= 4 is 0 Å². The Morgan fingerprint density at radius 2 is 2.00 bits per heavy atom. The molecular weight excluding hydrogens is 258 g/mol. The monoisotopic (exact) mass is 287 g/mol. The van der Waals surface area contributed by atoms with Gasteiger partial charge in [0.2, 0.25) is 0 Å². The topological polar surface area (TPSA) is 21.3 Å². The normalized spacial score (nSPS) is 23.6. The van der Waals surface area contributed by atoms with E-state index >= 15 is 0 Å². The van der Waals surface area contributed by atoms with Crippen molar-refractivity contribution in [1.82, 2.24) is 5.32 Å². The molecule has 2 unspecified atom stereocenters. The van der Waals surface area contributed by atoms with Crippen LogP contribution in [0.1, 0.15) is 62.8 Å². The fourth-order valence-electron chi connectivity index (χ4n) is 4.12. The largest absolute Gasteiger partial charge is 0.493 e. The van der Waals surface area contributed by atoms with E-state index in [1.807, 2.05) is 0 Å². The Morgan fingerprint density at radius 1 is 1.19 bits per heavy atom. The van der Waals surface area contributed by atoms with E-state index in [0.717, 1.165) is 18.3 Å². The average Bonchev–Trinajstić information content (AvgIpc) is 3.05. The van der Waals surface area contributed by atoms with Crippen LogP contribution >= 0.6 is 0 Å². The predicted octanol–water partition coefficient (Wildman–Crippen LogP) is 4.50. The molecule has 0 saturated heterocycles. The summed E-state index contributed by atoms with van der Waals surface area (Å²) in [5.74, 6) is 2.78. The minimum Gasteiger partial charge on any atom is -0.493 e. The molecule has 1 heterocycles. The van der Waals surface area contributed by atoms with Crippen LogP contribution in [-0.4, -0.2) is 19.7 Å². The zero-order valence-corrected chi connectivity index (χ0v) is 13.3. The van der Waals surface area contributed by atoms with Gasteiger partial charge in [0.05, 0.1) is 6.61 Å². The lowest BCUT2D eigenvalue weighted by molar-refractivity contribution is 0.252. The first-order valence-corrected chi connectivity index (χ1v) is 8.76. The van der Waals surface area contributed by atoms with E-state index in [1.165, 1.54) is 56.9 Å². The first kappa shape index (κ1) is 14.9. The van der Waals surface area contributed by atoms with Gasteiger partial charge in [0.15, 0.2) is 0 Å². The van der Waals surface area contributed by atoms with Gasteiger partial charge in [-0.25, -0.2) is 0 Å². The van der Waals surface area contributed by atoms with E-state index in [4.69, 9.17) is 4.74 Å². The summed E-state index contributed by atoms with van der Waals surface area (Å²) < 4.78 is 5.79. The lowest BCUT2D eigenvalue weighted by Crippen LogP contribution is -2.29. The Morgan fingerprint density at radius 3 is 2.81 bits per heavy atom. The highest BCUT2D eigenvalue weighted by Crippen LogP contribution is 2.37. The van der Waals surface area contributed by atoms with Gasteiger partial charge in [0.1, 0.15) is 5.75 Å². The summed E-state index contributed by atoms with van der Waals surface area (Å²) in [5.41, 5.74) is 1.42. The van der Waals surface area contributed by atoms with Crippen LogP contribution in [0.3, 0.4) is 0 Å². The fraction of sp³-hybridized carbons (Fsp3) is 0.684. The van der Waals surface area contributed by atoms with Crippen molar-refractivity contribution in [3.8, 4) is 5.75 Å². The quantitative estimate of drug-likeness (QED) is 0.831. The van der Waals surface area contributed by atoms with Gasteiger partial charge in [-0.1, -0.05) is 43.9 Å². The van der Waals surface area contributed by atoms with Gasteiger partial charge >= 0.3 is 0 Å². The number of para-hydroxylation sites is 1. The molecule has 1 aromatic rings. The molecule has 2 heteroatoms. The summed E-state index contributed by atoms with van der Waals surface area (Å²) in [6.07, 6.45) is 11.0. The van der Waals surface area contributed by atoms with E-state index in [2.05, 4.69) is 36.6 Å². The second-order valence-electron chi connectivity index (χ2n) is 6.82. The van der Waals surface area contributed by atoms with Crippen LogP contribution in [0.5, 0.6) is 5.75 Å². The van der Waals surface area contributed by atoms with Gasteiger partial charge in [-0.2, -0.15) is 0 Å². The molecule has 1 saturated carbocycles. The lowest BCUT2D eigenvalue weighted by Gasteiger charge is -2.29. The highest BCUT2D eigenvalue weighted by molar-refractivity contribution is 5.37. The van der Waals surface area contributed by atoms with Gasteiger partial charge in [-0.15, -0.1) is 0 Å². The molecule has 3 rings (SSSR count). The first-order valence-electron chi connectivity index (χ1n) is 8.76. The Hall–Kier alpha value is -1.02. The smallest absolute Gasteiger partial charge is 0.122 e. The van der Waals surface area contributed by atoms with Crippen molar-refractivity contribution in [3.05, 3.63) is 29.8 Å². The van der Waals surface area contributed by atoms with Crippen LogP contribution in [0.2, 0.25) is 0 Å². The number of benzene rings is 1. The van der Waals surface area contributed by atoms with Crippen molar-refractivity contribution < 1.29 is 4.74 Å². The molecule has 2 atom stereocenters. The summed E-state index contributed by atoms with van der Waals surface area (Å²) >= 11 is 0. The zero-order valence-electron chi connectivity index (χ0n) is 13.3. The van der Waals surface area contributed by atoms with Crippen molar-refractivity contribution in [3.63, 3.8) is 0 Å². The fourth-order valence-corrected chi connectivity index (χ4v) is 4.12. The number of nitrogens with one attached hydrogen (secondary N) is 1. The van der Waals surface area contributed by atoms with Crippen LogP contribution < -0.4 is 10.1 Å². The van der Waals surface area contributed by atoms with E-state index < -0.39 is 0 Å². The number of hydrogen-bond acceptors (Lipinski definition) is 2. The van der Waals surface area contributed by atoms with Crippen molar-refractivity contribution in [2.45, 2.75) is 63.3 Å². The third kappa shape index (κ3) is 3.79. The molecule has 1 aliphatic heterocycles. The van der Waals surface area contributed by atoms with Crippen molar-refractivity contribution in [2.75, 3.05) is 13.7 Å².